The Labute approximate surface area is 177 Å². The zero-order chi connectivity index (χ0) is 22.4. The number of aromatic nitrogens is 1. The van der Waals surface area contributed by atoms with Crippen LogP contribution in [0.15, 0.2) is 4.34 Å². The van der Waals surface area contributed by atoms with Crippen molar-refractivity contribution < 1.29 is 28.8 Å². The summed E-state index contributed by atoms with van der Waals surface area (Å²) in [5.74, 6) is -1.86. The quantitative estimate of drug-likeness (QED) is 0.504. The molecule has 12 heteroatoms. The van der Waals surface area contributed by atoms with E-state index >= 15 is 0 Å². The average Bonchev–Trinajstić information content (AvgIpc) is 3.00. The van der Waals surface area contributed by atoms with Crippen LogP contribution in [0, 0.1) is 0 Å². The Bertz CT molecular complexity index is 774. The SMILES string of the molecule is CSc1nc(C(=O)N[C@H](C)CNC(=O)OC(C)(C)C)c(N(OC(C)=O)C(C)=O)s1. The fourth-order valence-electron chi connectivity index (χ4n) is 1.94. The van der Waals surface area contributed by atoms with Crippen molar-refractivity contribution in [1.82, 2.24) is 15.6 Å². The van der Waals surface area contributed by atoms with E-state index in [1.807, 2.05) is 0 Å². The van der Waals surface area contributed by atoms with Gasteiger partial charge in [0.1, 0.15) is 5.60 Å². The highest BCUT2D eigenvalue weighted by Gasteiger charge is 2.28. The summed E-state index contributed by atoms with van der Waals surface area (Å²) in [4.78, 5) is 56.8. The molecule has 0 bridgehead atoms. The summed E-state index contributed by atoms with van der Waals surface area (Å²) in [5.41, 5.74) is -0.687. The molecule has 0 unspecified atom stereocenters. The molecule has 1 rings (SSSR count). The number of thiazole rings is 1. The lowest BCUT2D eigenvalue weighted by Crippen LogP contribution is -2.43. The number of anilines is 1. The lowest BCUT2D eigenvalue weighted by Gasteiger charge is -2.21. The summed E-state index contributed by atoms with van der Waals surface area (Å²) in [6, 6.07) is -0.457. The van der Waals surface area contributed by atoms with Gasteiger partial charge in [-0.3, -0.25) is 9.59 Å². The van der Waals surface area contributed by atoms with Gasteiger partial charge in [0.15, 0.2) is 15.0 Å². The van der Waals surface area contributed by atoms with Crippen LogP contribution in [0.3, 0.4) is 0 Å². The van der Waals surface area contributed by atoms with Crippen LogP contribution in [-0.4, -0.2) is 53.3 Å². The smallest absolute Gasteiger partial charge is 0.407 e. The third-order valence-electron chi connectivity index (χ3n) is 3.00. The molecule has 1 aromatic heterocycles. The molecule has 3 amide bonds. The molecular weight excluding hydrogens is 420 g/mol. The van der Waals surface area contributed by atoms with Gasteiger partial charge in [-0.05, 0) is 34.0 Å². The Morgan fingerprint density at radius 3 is 2.34 bits per heavy atom. The van der Waals surface area contributed by atoms with Gasteiger partial charge in [-0.2, -0.15) is 0 Å². The maximum absolute atomic E-state index is 12.7. The first-order chi connectivity index (χ1) is 13.3. The summed E-state index contributed by atoms with van der Waals surface area (Å²) < 4.78 is 5.66. The molecular formula is C17H26N4O6S2. The molecule has 2 N–H and O–H groups in total. The molecule has 0 aliphatic carbocycles. The average molecular weight is 447 g/mol. The van der Waals surface area contributed by atoms with Gasteiger partial charge in [-0.15, -0.1) is 5.06 Å². The van der Waals surface area contributed by atoms with Crippen molar-refractivity contribution in [3.05, 3.63) is 5.69 Å². The molecule has 0 radical (unpaired) electrons. The van der Waals surface area contributed by atoms with Gasteiger partial charge in [0.2, 0.25) is 0 Å². The number of thioether (sulfide) groups is 1. The number of hydrogen-bond donors (Lipinski definition) is 2. The standard InChI is InChI=1S/C17H26N4O6S2/c1-9(8-18-15(25)26-17(4,5)6)19-13(24)12-14(29-16(20-12)28-7)21(10(2)22)27-11(3)23/h9H,8H2,1-7H3,(H,18,25)(H,19,24)/t9-/m1/s1. The lowest BCUT2D eigenvalue weighted by atomic mass is 10.2. The number of hydroxylamine groups is 1. The van der Waals surface area contributed by atoms with Crippen LogP contribution in [0.1, 0.15) is 52.0 Å². The minimum Gasteiger partial charge on any atom is -0.444 e. The predicted octanol–water partition coefficient (Wildman–Crippen LogP) is 2.34. The largest absolute Gasteiger partial charge is 0.444 e. The zero-order valence-electron chi connectivity index (χ0n) is 17.4. The molecule has 10 nitrogen and oxygen atoms in total. The molecule has 0 fully saturated rings. The highest BCUT2D eigenvalue weighted by Crippen LogP contribution is 2.34. The molecule has 162 valence electrons. The van der Waals surface area contributed by atoms with Crippen molar-refractivity contribution in [2.24, 2.45) is 0 Å². The highest BCUT2D eigenvalue weighted by molar-refractivity contribution is 8.00. The summed E-state index contributed by atoms with van der Waals surface area (Å²) >= 11 is 2.33. The molecule has 0 saturated heterocycles. The van der Waals surface area contributed by atoms with Crippen LogP contribution in [0.2, 0.25) is 0 Å². The van der Waals surface area contributed by atoms with E-state index in [4.69, 9.17) is 9.57 Å². The number of ether oxygens (including phenoxy) is 1. The number of alkyl carbamates (subject to hydrolysis) is 1. The van der Waals surface area contributed by atoms with Crippen LogP contribution < -0.4 is 15.7 Å². The third kappa shape index (κ3) is 8.28. The number of rotatable bonds is 6. The Hall–Kier alpha value is -2.34. The minimum absolute atomic E-state index is 0.0556. The van der Waals surface area contributed by atoms with Crippen molar-refractivity contribution in [3.63, 3.8) is 0 Å². The number of nitrogens with zero attached hydrogens (tertiary/aromatic N) is 2. The maximum atomic E-state index is 12.7. The molecule has 0 saturated carbocycles. The molecule has 1 heterocycles. The van der Waals surface area contributed by atoms with E-state index in [1.165, 1.54) is 18.7 Å². The summed E-state index contributed by atoms with van der Waals surface area (Å²) in [7, 11) is 0. The number of amides is 3. The molecule has 0 aliphatic rings. The molecule has 0 aliphatic heterocycles. The van der Waals surface area contributed by atoms with Gasteiger partial charge in [-0.25, -0.2) is 14.6 Å². The summed E-state index contributed by atoms with van der Waals surface area (Å²) in [6.07, 6.45) is 1.16. The molecule has 1 aromatic rings. The molecule has 1 atom stereocenters. The molecule has 0 spiro atoms. The Morgan fingerprint density at radius 2 is 1.86 bits per heavy atom. The van der Waals surface area contributed by atoms with Crippen LogP contribution in [0.4, 0.5) is 9.80 Å². The second-order valence-corrected chi connectivity index (χ2v) is 9.02. The van der Waals surface area contributed by atoms with E-state index in [1.54, 1.807) is 34.0 Å². The first-order valence-corrected chi connectivity index (χ1v) is 10.7. The van der Waals surface area contributed by atoms with Gasteiger partial charge in [0.25, 0.3) is 11.8 Å². The van der Waals surface area contributed by atoms with E-state index in [9.17, 15) is 19.2 Å². The van der Waals surface area contributed by atoms with Crippen LogP contribution in [-0.2, 0) is 19.2 Å². The van der Waals surface area contributed by atoms with Crippen LogP contribution in [0.5, 0.6) is 0 Å². The fraction of sp³-hybridized carbons (Fsp3) is 0.588. The monoisotopic (exact) mass is 446 g/mol. The van der Waals surface area contributed by atoms with E-state index < -0.39 is 35.5 Å². The van der Waals surface area contributed by atoms with Gasteiger partial charge in [0.05, 0.1) is 0 Å². The van der Waals surface area contributed by atoms with E-state index in [0.29, 0.717) is 4.34 Å². The fourth-order valence-corrected chi connectivity index (χ4v) is 3.48. The van der Waals surface area contributed by atoms with Crippen molar-refractivity contribution in [1.29, 1.82) is 0 Å². The van der Waals surface area contributed by atoms with E-state index in [2.05, 4.69) is 15.6 Å². The maximum Gasteiger partial charge on any atom is 0.407 e. The second kappa shape index (κ2) is 10.4. The summed E-state index contributed by atoms with van der Waals surface area (Å²) in [6.45, 7) is 9.40. The number of nitrogens with one attached hydrogen (secondary N) is 2. The highest BCUT2D eigenvalue weighted by atomic mass is 32.2. The first-order valence-electron chi connectivity index (χ1n) is 8.65. The van der Waals surface area contributed by atoms with Gasteiger partial charge in [-0.1, -0.05) is 23.1 Å². The second-order valence-electron chi connectivity index (χ2n) is 6.99. The Balaban J connectivity index is 2.90. The van der Waals surface area contributed by atoms with Crippen molar-refractivity contribution >= 4 is 52.0 Å². The number of carbonyl (C=O) groups excluding carboxylic acids is 4. The Morgan fingerprint density at radius 1 is 1.24 bits per heavy atom. The number of hydrogen-bond acceptors (Lipinski definition) is 9. The minimum atomic E-state index is -0.708. The van der Waals surface area contributed by atoms with Crippen LogP contribution >= 0.6 is 23.1 Å². The number of carbonyl (C=O) groups is 4. The zero-order valence-corrected chi connectivity index (χ0v) is 19.1. The lowest BCUT2D eigenvalue weighted by molar-refractivity contribution is -0.147. The Kier molecular flexibility index (Phi) is 8.89. The van der Waals surface area contributed by atoms with E-state index in [-0.39, 0.29) is 17.2 Å². The molecule has 29 heavy (non-hydrogen) atoms. The predicted molar refractivity (Wildman–Crippen MR) is 110 cm³/mol. The van der Waals surface area contributed by atoms with Crippen LogP contribution in [0.25, 0.3) is 0 Å². The van der Waals surface area contributed by atoms with Gasteiger partial charge < -0.3 is 20.2 Å². The van der Waals surface area contributed by atoms with Crippen molar-refractivity contribution in [3.8, 4) is 0 Å². The van der Waals surface area contributed by atoms with Crippen molar-refractivity contribution in [2.75, 3.05) is 17.9 Å². The molecule has 0 aromatic carbocycles. The first kappa shape index (κ1) is 24.7. The topological polar surface area (TPSA) is 127 Å². The normalized spacial score (nSPS) is 12.0. The van der Waals surface area contributed by atoms with Gasteiger partial charge >= 0.3 is 12.1 Å². The van der Waals surface area contributed by atoms with Crippen molar-refractivity contribution in [2.45, 2.75) is 57.5 Å². The summed E-state index contributed by atoms with van der Waals surface area (Å²) in [5, 5.41) is 6.10. The third-order valence-corrected chi connectivity index (χ3v) is 5.01. The van der Waals surface area contributed by atoms with E-state index in [0.717, 1.165) is 23.3 Å². The van der Waals surface area contributed by atoms with Gasteiger partial charge in [0, 0.05) is 26.4 Å².